The maximum atomic E-state index is 13.9. The summed E-state index contributed by atoms with van der Waals surface area (Å²) in [7, 11) is 0.936. The van der Waals surface area contributed by atoms with Crippen molar-refractivity contribution in [1.29, 1.82) is 5.26 Å². The van der Waals surface area contributed by atoms with Crippen LogP contribution in [0, 0.1) is 24.1 Å². The van der Waals surface area contributed by atoms with E-state index in [2.05, 4.69) is 10.3 Å². The van der Waals surface area contributed by atoms with Gasteiger partial charge in [0.1, 0.15) is 17.6 Å². The normalized spacial score (nSPS) is 17.6. The Balaban J connectivity index is 2.31. The van der Waals surface area contributed by atoms with Gasteiger partial charge in [0, 0.05) is 48.6 Å². The molecule has 0 radical (unpaired) electrons. The van der Waals surface area contributed by atoms with Crippen molar-refractivity contribution < 1.29 is 29.0 Å². The van der Waals surface area contributed by atoms with Crippen molar-refractivity contribution in [3.05, 3.63) is 71.1 Å². The van der Waals surface area contributed by atoms with E-state index >= 15 is 0 Å². The van der Waals surface area contributed by atoms with Crippen LogP contribution in [0.1, 0.15) is 38.7 Å². The molecule has 1 aromatic heterocycles. The Morgan fingerprint density at radius 2 is 2.33 bits per heavy atom. The Kier molecular flexibility index (Phi) is 4.24. The molecule has 1 heterocycles. The summed E-state index contributed by atoms with van der Waals surface area (Å²) in [6, 6.07) is 3.49. The van der Waals surface area contributed by atoms with E-state index in [9.17, 15) is 14.4 Å². The van der Waals surface area contributed by atoms with Gasteiger partial charge in [-0.3, -0.25) is 9.78 Å². The first-order valence-electron chi connectivity index (χ1n) is 15.1. The fourth-order valence-corrected chi connectivity index (χ4v) is 2.88. The predicted molar refractivity (Wildman–Crippen MR) is 128 cm³/mol. The van der Waals surface area contributed by atoms with Crippen LogP contribution in [0.5, 0.6) is 5.75 Å². The maximum absolute atomic E-state index is 13.9. The molecule has 0 bridgehead atoms. The standard InChI is InChI=1S/C26H27FN4O2/c1-5-33-25-14-24-22(13-18(25)12-21(32)7-6-10-31(3)4)26(19(15-28)16-29-24)30-20-8-9-23(27)17(2)11-20/h6-9,11,13-14,16H,5,10,12H2,1-4H3,(H,29,30)/b7-6+/i3D3,5D2,7D,10D2,13D,14D,16D. The van der Waals surface area contributed by atoms with Gasteiger partial charge >= 0.3 is 0 Å². The van der Waals surface area contributed by atoms with Gasteiger partial charge in [0.25, 0.3) is 0 Å². The maximum Gasteiger partial charge on any atom is 0.159 e. The van der Waals surface area contributed by atoms with Crippen LogP contribution in [0.2, 0.25) is 0 Å². The number of fused-ring (bicyclic) bond motifs is 1. The summed E-state index contributed by atoms with van der Waals surface area (Å²) >= 11 is 0. The summed E-state index contributed by atoms with van der Waals surface area (Å²) in [6.45, 7) is -5.64. The molecular weight excluding hydrogens is 419 g/mol. The van der Waals surface area contributed by atoms with E-state index in [0.717, 1.165) is 20.0 Å². The third kappa shape index (κ3) is 5.93. The molecule has 3 aromatic rings. The van der Waals surface area contributed by atoms with Gasteiger partial charge in [0.05, 0.1) is 31.6 Å². The van der Waals surface area contributed by atoms with Crippen LogP contribution in [0.3, 0.4) is 0 Å². The number of halogens is 1. The fourth-order valence-electron chi connectivity index (χ4n) is 2.88. The molecule has 0 aliphatic rings. The first kappa shape index (κ1) is 13.1. The van der Waals surface area contributed by atoms with Crippen molar-refractivity contribution in [2.75, 3.05) is 32.4 Å². The van der Waals surface area contributed by atoms with Gasteiger partial charge < -0.3 is 15.0 Å². The number of likely N-dealkylation sites (N-methyl/N-ethyl adjacent to an activating group) is 1. The number of nitrogens with one attached hydrogen (secondary N) is 1. The van der Waals surface area contributed by atoms with Gasteiger partial charge in [0.2, 0.25) is 0 Å². The minimum atomic E-state index is -2.90. The smallest absolute Gasteiger partial charge is 0.159 e. The monoisotopic (exact) mass is 457 g/mol. The third-order valence-electron chi connectivity index (χ3n) is 4.37. The van der Waals surface area contributed by atoms with E-state index in [1.54, 1.807) is 0 Å². The second-order valence-electron chi connectivity index (χ2n) is 6.84. The highest BCUT2D eigenvalue weighted by atomic mass is 19.1. The van der Waals surface area contributed by atoms with Gasteiger partial charge in [-0.05, 0) is 63.7 Å². The number of carbonyl (C=O) groups is 1. The molecule has 1 N–H and O–H groups in total. The minimum Gasteiger partial charge on any atom is -0.494 e. The zero-order valence-electron chi connectivity index (χ0n) is 29.1. The molecule has 2 aromatic carbocycles. The first-order chi connectivity index (χ1) is 20.1. The molecule has 33 heavy (non-hydrogen) atoms. The number of ketones is 1. The molecule has 0 fully saturated rings. The molecule has 0 saturated carbocycles. The number of nitriles is 1. The van der Waals surface area contributed by atoms with Crippen molar-refractivity contribution in [3.8, 4) is 11.8 Å². The van der Waals surface area contributed by atoms with Gasteiger partial charge in [-0.15, -0.1) is 0 Å². The number of ether oxygens (including phenoxy) is 1. The number of pyridine rings is 1. The lowest BCUT2D eigenvalue weighted by Crippen LogP contribution is -2.11. The molecular formula is C26H27FN4O2. The molecule has 0 aliphatic carbocycles. The van der Waals surface area contributed by atoms with Crippen molar-refractivity contribution >= 4 is 28.1 Å². The molecule has 6 nitrogen and oxygen atoms in total. The zero-order chi connectivity index (χ0) is 33.5. The number of hydrogen-bond acceptors (Lipinski definition) is 6. The Morgan fingerprint density at radius 1 is 1.52 bits per heavy atom. The van der Waals surface area contributed by atoms with E-state index in [-0.39, 0.29) is 33.4 Å². The SMILES string of the molecule is [2H]/C(=C\C([2H])([2H])N(C)C([2H])([2H])[2H])C(=O)Cc1c(OC([2H])([2H])C)c([2H])c2nc([2H])c(C#N)c(Nc3ccc(F)c(C)c3)c2c1[2H]. The number of anilines is 2. The average molecular weight is 458 g/mol. The number of rotatable bonds is 9. The van der Waals surface area contributed by atoms with Crippen LogP contribution in [0.15, 0.2) is 48.6 Å². The predicted octanol–water partition coefficient (Wildman–Crippen LogP) is 4.93. The topological polar surface area (TPSA) is 78.2 Å². The van der Waals surface area contributed by atoms with Gasteiger partial charge in [0.15, 0.2) is 5.78 Å². The lowest BCUT2D eigenvalue weighted by atomic mass is 10.0. The second-order valence-corrected chi connectivity index (χ2v) is 6.84. The van der Waals surface area contributed by atoms with Crippen LogP contribution < -0.4 is 10.1 Å². The largest absolute Gasteiger partial charge is 0.494 e. The Bertz CT molecular complexity index is 1710. The third-order valence-corrected chi connectivity index (χ3v) is 4.37. The number of allylic oxidation sites excluding steroid dienone is 1. The highest BCUT2D eigenvalue weighted by molar-refractivity contribution is 5.98. The molecule has 3 rings (SSSR count). The molecule has 0 atom stereocenters. The Labute approximate surface area is 208 Å². The van der Waals surface area contributed by atoms with E-state index in [4.69, 9.17) is 19.8 Å². The lowest BCUT2D eigenvalue weighted by Gasteiger charge is -2.15. The molecule has 0 amide bonds. The number of benzene rings is 2. The van der Waals surface area contributed by atoms with Crippen LogP contribution in [-0.2, 0) is 11.2 Å². The quantitative estimate of drug-likeness (QED) is 0.459. The number of nitrogens with zero attached hydrogens (tertiary/aromatic N) is 3. The number of aromatic nitrogens is 1. The van der Waals surface area contributed by atoms with Crippen molar-refractivity contribution in [2.24, 2.45) is 0 Å². The number of aryl methyl sites for hydroxylation is 1. The fraction of sp³-hybridized carbons (Fsp3) is 0.269. The highest BCUT2D eigenvalue weighted by Crippen LogP contribution is 2.34. The first-order valence-corrected chi connectivity index (χ1v) is 9.64. The summed E-state index contributed by atoms with van der Waals surface area (Å²) in [5, 5.41) is 12.5. The number of hydrogen-bond donors (Lipinski definition) is 1. The highest BCUT2D eigenvalue weighted by Gasteiger charge is 2.16. The molecule has 7 heteroatoms. The second kappa shape index (κ2) is 10.7. The van der Waals surface area contributed by atoms with Crippen molar-refractivity contribution in [2.45, 2.75) is 20.3 Å². The van der Waals surface area contributed by atoms with E-state index in [1.165, 1.54) is 19.1 Å². The van der Waals surface area contributed by atoms with Crippen LogP contribution in [0.4, 0.5) is 15.8 Å². The van der Waals surface area contributed by atoms with E-state index < -0.39 is 73.7 Å². The Hall–Kier alpha value is -3.76. The lowest BCUT2D eigenvalue weighted by molar-refractivity contribution is -0.114. The molecule has 0 spiro atoms. The minimum absolute atomic E-state index is 0.177. The summed E-state index contributed by atoms with van der Waals surface area (Å²) in [4.78, 5) is 17.5. The van der Waals surface area contributed by atoms with Crippen LogP contribution in [0.25, 0.3) is 10.9 Å². The molecule has 170 valence electrons. The molecule has 0 saturated heterocycles. The van der Waals surface area contributed by atoms with Crippen molar-refractivity contribution in [3.63, 3.8) is 0 Å². The molecule has 0 aliphatic heterocycles. The Morgan fingerprint density at radius 3 is 3.03 bits per heavy atom. The van der Waals surface area contributed by atoms with Gasteiger partial charge in [-0.25, -0.2) is 4.39 Å². The van der Waals surface area contributed by atoms with Gasteiger partial charge in [-0.2, -0.15) is 5.26 Å². The van der Waals surface area contributed by atoms with Crippen molar-refractivity contribution in [1.82, 2.24) is 9.88 Å². The molecule has 0 unspecified atom stereocenters. The average Bonchev–Trinajstić information content (AvgIpc) is 2.89. The van der Waals surface area contributed by atoms with Crippen LogP contribution in [-0.4, -0.2) is 42.7 Å². The van der Waals surface area contributed by atoms with Crippen LogP contribution >= 0.6 is 0 Å². The number of carbonyl (C=O) groups excluding carboxylic acids is 1. The van der Waals surface area contributed by atoms with Gasteiger partial charge in [-0.1, -0.05) is 6.08 Å². The van der Waals surface area contributed by atoms with E-state index in [0.29, 0.717) is 11.0 Å². The summed E-state index contributed by atoms with van der Waals surface area (Å²) < 4.78 is 107. The summed E-state index contributed by atoms with van der Waals surface area (Å²) in [6.07, 6.45) is -1.02. The summed E-state index contributed by atoms with van der Waals surface area (Å²) in [5.41, 5.74) is -0.819. The zero-order valence-corrected chi connectivity index (χ0v) is 18.1. The summed E-state index contributed by atoms with van der Waals surface area (Å²) in [5.74, 6) is -2.26. The van der Waals surface area contributed by atoms with E-state index in [1.807, 2.05) is 6.07 Å².